The van der Waals surface area contributed by atoms with Gasteiger partial charge in [-0.25, -0.2) is 0 Å². The average molecular weight is 278 g/mol. The van der Waals surface area contributed by atoms with Crippen molar-refractivity contribution in [3.8, 4) is 0 Å². The predicted molar refractivity (Wildman–Crippen MR) is 85.3 cm³/mol. The molecule has 3 N–H and O–H groups in total. The second kappa shape index (κ2) is 7.32. The van der Waals surface area contributed by atoms with Gasteiger partial charge in [0.25, 0.3) is 0 Å². The molecule has 0 amide bonds. The second-order valence-electron chi connectivity index (χ2n) is 5.67. The zero-order chi connectivity index (χ0) is 13.7. The minimum atomic E-state index is 0.270. The van der Waals surface area contributed by atoms with Crippen LogP contribution in [-0.2, 0) is 0 Å². The number of nitrogens with one attached hydrogen (secondary N) is 1. The lowest BCUT2D eigenvalue weighted by molar-refractivity contribution is 0.514. The highest BCUT2D eigenvalue weighted by Crippen LogP contribution is 2.31. The van der Waals surface area contributed by atoms with E-state index in [1.165, 1.54) is 48.8 Å². The third-order valence-electron chi connectivity index (χ3n) is 4.06. The minimum Gasteiger partial charge on any atom is -0.271 e. The van der Waals surface area contributed by atoms with E-state index in [9.17, 15) is 0 Å². The molecule has 2 nitrogen and oxygen atoms in total. The Morgan fingerprint density at radius 3 is 2.68 bits per heavy atom. The van der Waals surface area contributed by atoms with E-state index in [1.807, 2.05) is 0 Å². The van der Waals surface area contributed by atoms with Crippen LogP contribution < -0.4 is 11.3 Å². The molecular weight excluding hydrogens is 252 g/mol. The first kappa shape index (κ1) is 14.9. The van der Waals surface area contributed by atoms with Gasteiger partial charge >= 0.3 is 0 Å². The van der Waals surface area contributed by atoms with Crippen LogP contribution in [0.5, 0.6) is 0 Å². The smallest absolute Gasteiger partial charge is 0.0553 e. The Bertz CT molecular complexity index is 400. The van der Waals surface area contributed by atoms with Crippen molar-refractivity contribution in [2.75, 3.05) is 5.75 Å². The monoisotopic (exact) mass is 278 g/mol. The fraction of sp³-hybridized carbons (Fsp3) is 0.625. The molecule has 1 fully saturated rings. The molecule has 3 heteroatoms. The first-order valence-corrected chi connectivity index (χ1v) is 8.40. The van der Waals surface area contributed by atoms with Crippen LogP contribution in [0.3, 0.4) is 0 Å². The van der Waals surface area contributed by atoms with E-state index in [2.05, 4.69) is 49.2 Å². The maximum atomic E-state index is 5.78. The molecule has 0 bridgehead atoms. The Morgan fingerprint density at radius 2 is 2.00 bits per heavy atom. The molecule has 1 saturated carbocycles. The Morgan fingerprint density at radius 1 is 1.26 bits per heavy atom. The van der Waals surface area contributed by atoms with Crippen LogP contribution in [-0.4, -0.2) is 11.0 Å². The Hall–Kier alpha value is -0.510. The maximum absolute atomic E-state index is 5.78. The van der Waals surface area contributed by atoms with Crippen molar-refractivity contribution in [2.24, 2.45) is 5.84 Å². The number of hydrogen-bond acceptors (Lipinski definition) is 3. The molecule has 2 rings (SSSR count). The standard InChI is InChI=1S/C16H26N2S/c1-12-8-9-13(2)15(10-12)16(18-17)11-19-14-6-4-3-5-7-14/h8-10,14,16,18H,3-7,11,17H2,1-2H3. The minimum absolute atomic E-state index is 0.270. The van der Waals surface area contributed by atoms with Gasteiger partial charge < -0.3 is 0 Å². The summed E-state index contributed by atoms with van der Waals surface area (Å²) in [6.45, 7) is 4.31. The highest BCUT2D eigenvalue weighted by atomic mass is 32.2. The van der Waals surface area contributed by atoms with Gasteiger partial charge in [0, 0.05) is 11.0 Å². The van der Waals surface area contributed by atoms with Gasteiger partial charge in [0.1, 0.15) is 0 Å². The van der Waals surface area contributed by atoms with Crippen molar-refractivity contribution in [3.05, 3.63) is 34.9 Å². The molecule has 0 aliphatic heterocycles. The molecule has 1 aliphatic rings. The molecule has 0 spiro atoms. The highest BCUT2D eigenvalue weighted by Gasteiger charge is 2.18. The Balaban J connectivity index is 1.97. The van der Waals surface area contributed by atoms with Crippen molar-refractivity contribution in [2.45, 2.75) is 57.2 Å². The van der Waals surface area contributed by atoms with E-state index in [1.54, 1.807) is 0 Å². The molecule has 1 atom stereocenters. The summed E-state index contributed by atoms with van der Waals surface area (Å²) in [5.41, 5.74) is 7.00. The van der Waals surface area contributed by atoms with Crippen molar-refractivity contribution in [1.82, 2.24) is 5.43 Å². The van der Waals surface area contributed by atoms with E-state index in [0.29, 0.717) is 0 Å². The summed E-state index contributed by atoms with van der Waals surface area (Å²) >= 11 is 2.10. The molecular formula is C16H26N2S. The zero-order valence-electron chi connectivity index (χ0n) is 12.1. The van der Waals surface area contributed by atoms with E-state index in [4.69, 9.17) is 5.84 Å². The van der Waals surface area contributed by atoms with E-state index >= 15 is 0 Å². The number of hydrazine groups is 1. The number of thioether (sulfide) groups is 1. The quantitative estimate of drug-likeness (QED) is 0.634. The van der Waals surface area contributed by atoms with Crippen LogP contribution in [0.2, 0.25) is 0 Å². The Kier molecular flexibility index (Phi) is 5.74. The molecule has 1 aromatic carbocycles. The summed E-state index contributed by atoms with van der Waals surface area (Å²) in [6, 6.07) is 6.90. The van der Waals surface area contributed by atoms with Crippen LogP contribution in [0.15, 0.2) is 18.2 Å². The van der Waals surface area contributed by atoms with Crippen LogP contribution in [0, 0.1) is 13.8 Å². The SMILES string of the molecule is Cc1ccc(C)c(C(CSC2CCCCC2)NN)c1. The third-order valence-corrected chi connectivity index (χ3v) is 5.53. The number of aryl methyl sites for hydroxylation is 2. The highest BCUT2D eigenvalue weighted by molar-refractivity contribution is 7.99. The summed E-state index contributed by atoms with van der Waals surface area (Å²) in [6.07, 6.45) is 7.00. The molecule has 1 aromatic rings. The molecule has 0 radical (unpaired) electrons. The van der Waals surface area contributed by atoms with Gasteiger partial charge in [-0.1, -0.05) is 43.0 Å². The average Bonchev–Trinajstić information content (AvgIpc) is 2.44. The van der Waals surface area contributed by atoms with Gasteiger partial charge in [-0.15, -0.1) is 0 Å². The third kappa shape index (κ3) is 4.23. The van der Waals surface area contributed by atoms with Gasteiger partial charge in [0.05, 0.1) is 6.04 Å². The maximum Gasteiger partial charge on any atom is 0.0553 e. The predicted octanol–water partition coefficient (Wildman–Crippen LogP) is 3.87. The summed E-state index contributed by atoms with van der Waals surface area (Å²) < 4.78 is 0. The van der Waals surface area contributed by atoms with Crippen molar-refractivity contribution in [1.29, 1.82) is 0 Å². The zero-order valence-corrected chi connectivity index (χ0v) is 12.9. The molecule has 0 heterocycles. The summed E-state index contributed by atoms with van der Waals surface area (Å²) in [4.78, 5) is 0. The first-order valence-electron chi connectivity index (χ1n) is 7.35. The molecule has 0 aromatic heterocycles. The fourth-order valence-electron chi connectivity index (χ4n) is 2.83. The normalized spacial score (nSPS) is 18.5. The van der Waals surface area contributed by atoms with Crippen molar-refractivity contribution >= 4 is 11.8 Å². The molecule has 19 heavy (non-hydrogen) atoms. The topological polar surface area (TPSA) is 38.0 Å². The fourth-order valence-corrected chi connectivity index (χ4v) is 4.23. The number of hydrogen-bond donors (Lipinski definition) is 2. The van der Waals surface area contributed by atoms with Gasteiger partial charge in [-0.05, 0) is 37.8 Å². The van der Waals surface area contributed by atoms with E-state index in [-0.39, 0.29) is 6.04 Å². The molecule has 0 saturated heterocycles. The first-order chi connectivity index (χ1) is 9.20. The number of benzene rings is 1. The lowest BCUT2D eigenvalue weighted by atomic mass is 10.00. The van der Waals surface area contributed by atoms with Crippen molar-refractivity contribution in [3.63, 3.8) is 0 Å². The number of rotatable bonds is 5. The molecule has 106 valence electrons. The summed E-state index contributed by atoms with van der Waals surface area (Å²) in [7, 11) is 0. The Labute approximate surface area is 121 Å². The van der Waals surface area contributed by atoms with Crippen LogP contribution in [0.1, 0.15) is 54.8 Å². The molecule has 1 aliphatic carbocycles. The van der Waals surface area contributed by atoms with Crippen LogP contribution in [0.4, 0.5) is 0 Å². The van der Waals surface area contributed by atoms with E-state index in [0.717, 1.165) is 11.0 Å². The van der Waals surface area contributed by atoms with Gasteiger partial charge in [-0.3, -0.25) is 11.3 Å². The second-order valence-corrected chi connectivity index (χ2v) is 7.01. The van der Waals surface area contributed by atoms with Crippen molar-refractivity contribution < 1.29 is 0 Å². The number of nitrogens with two attached hydrogens (primary N) is 1. The largest absolute Gasteiger partial charge is 0.271 e. The summed E-state index contributed by atoms with van der Waals surface area (Å²) in [5.74, 6) is 6.85. The lowest BCUT2D eigenvalue weighted by Crippen LogP contribution is -2.31. The lowest BCUT2D eigenvalue weighted by Gasteiger charge is -2.24. The molecule has 1 unspecified atom stereocenters. The van der Waals surface area contributed by atoms with E-state index < -0.39 is 0 Å². The van der Waals surface area contributed by atoms with Gasteiger partial charge in [-0.2, -0.15) is 11.8 Å². The van der Waals surface area contributed by atoms with Crippen LogP contribution in [0.25, 0.3) is 0 Å². The van der Waals surface area contributed by atoms with Gasteiger partial charge in [0.15, 0.2) is 0 Å². The summed E-state index contributed by atoms with van der Waals surface area (Å²) in [5, 5.41) is 0.842. The van der Waals surface area contributed by atoms with Crippen LogP contribution >= 0.6 is 11.8 Å². The van der Waals surface area contributed by atoms with Gasteiger partial charge in [0.2, 0.25) is 0 Å².